The number of morpholine rings is 1. The zero-order valence-corrected chi connectivity index (χ0v) is 20.3. The summed E-state index contributed by atoms with van der Waals surface area (Å²) in [6, 6.07) is 16.1. The first-order valence-electron chi connectivity index (χ1n) is 12.5. The maximum Gasteiger partial charge on any atom is 0.236 e. The molecule has 8 nitrogen and oxygen atoms in total. The maximum absolute atomic E-state index is 13.5. The van der Waals surface area contributed by atoms with Gasteiger partial charge >= 0.3 is 0 Å². The summed E-state index contributed by atoms with van der Waals surface area (Å²) in [4.78, 5) is 32.8. The molecule has 0 aromatic heterocycles. The van der Waals surface area contributed by atoms with Crippen LogP contribution in [0.25, 0.3) is 0 Å². The van der Waals surface area contributed by atoms with Crippen LogP contribution in [-0.4, -0.2) is 87.2 Å². The van der Waals surface area contributed by atoms with Crippen LogP contribution in [0.1, 0.15) is 11.1 Å². The first kappa shape index (κ1) is 23.6. The molecular weight excluding hydrogens is 444 g/mol. The number of benzene rings is 2. The molecule has 8 heteroatoms. The molecule has 0 spiro atoms. The van der Waals surface area contributed by atoms with Crippen molar-refractivity contribution in [1.82, 2.24) is 15.1 Å². The number of nitrogens with zero attached hydrogens (tertiary/aromatic N) is 3. The van der Waals surface area contributed by atoms with Crippen molar-refractivity contribution in [2.24, 2.45) is 5.92 Å². The van der Waals surface area contributed by atoms with Gasteiger partial charge in [-0.25, -0.2) is 0 Å². The number of carbonyl (C=O) groups is 2. The molecule has 2 aromatic rings. The monoisotopic (exact) mass is 478 g/mol. The van der Waals surface area contributed by atoms with E-state index in [-0.39, 0.29) is 23.8 Å². The summed E-state index contributed by atoms with van der Waals surface area (Å²) in [6.45, 7) is 5.63. The van der Waals surface area contributed by atoms with E-state index in [4.69, 9.17) is 9.47 Å². The van der Waals surface area contributed by atoms with E-state index < -0.39 is 0 Å². The van der Waals surface area contributed by atoms with Gasteiger partial charge in [-0.2, -0.15) is 0 Å². The molecule has 2 saturated heterocycles. The van der Waals surface area contributed by atoms with E-state index >= 15 is 0 Å². The van der Waals surface area contributed by atoms with Crippen molar-refractivity contribution in [3.8, 4) is 5.75 Å². The highest BCUT2D eigenvalue weighted by Gasteiger charge is 2.42. The number of amides is 2. The summed E-state index contributed by atoms with van der Waals surface area (Å²) in [5.41, 5.74) is 3.39. The minimum atomic E-state index is -0.194. The lowest BCUT2D eigenvalue weighted by Gasteiger charge is -2.49. The van der Waals surface area contributed by atoms with Crippen molar-refractivity contribution in [1.29, 1.82) is 0 Å². The van der Waals surface area contributed by atoms with Crippen LogP contribution in [0.5, 0.6) is 5.75 Å². The molecule has 2 aromatic carbocycles. The lowest BCUT2D eigenvalue weighted by molar-refractivity contribution is -0.136. The molecular formula is C27H34N4O4. The van der Waals surface area contributed by atoms with Gasteiger partial charge in [0.25, 0.3) is 0 Å². The highest BCUT2D eigenvalue weighted by atomic mass is 16.5. The first-order valence-corrected chi connectivity index (χ1v) is 12.5. The van der Waals surface area contributed by atoms with Crippen LogP contribution >= 0.6 is 0 Å². The minimum absolute atomic E-state index is 0.00313. The van der Waals surface area contributed by atoms with Crippen LogP contribution in [0, 0.1) is 5.92 Å². The Labute approximate surface area is 206 Å². The number of hydrogen-bond donors (Lipinski definition) is 1. The molecule has 0 unspecified atom stereocenters. The third kappa shape index (κ3) is 5.28. The molecule has 1 N–H and O–H groups in total. The van der Waals surface area contributed by atoms with Crippen molar-refractivity contribution in [3.63, 3.8) is 0 Å². The summed E-state index contributed by atoms with van der Waals surface area (Å²) in [5.74, 6) is 0.830. The first-order chi connectivity index (χ1) is 17.1. The Morgan fingerprint density at radius 1 is 1.06 bits per heavy atom. The fourth-order valence-electron chi connectivity index (χ4n) is 5.43. The fourth-order valence-corrected chi connectivity index (χ4v) is 5.43. The molecule has 2 amide bonds. The van der Waals surface area contributed by atoms with Crippen molar-refractivity contribution >= 4 is 17.5 Å². The van der Waals surface area contributed by atoms with E-state index in [2.05, 4.69) is 27.2 Å². The SMILES string of the molecule is COc1ccc2c(c1)N1CCN(CC(=O)N3CCOCC3)C[C@@H]1[C@H](C(=O)NCc1ccccc1)C2. The molecule has 2 fully saturated rings. The van der Waals surface area contributed by atoms with Crippen molar-refractivity contribution < 1.29 is 19.1 Å². The van der Waals surface area contributed by atoms with Crippen LogP contribution in [-0.2, 0) is 27.3 Å². The molecule has 186 valence electrons. The third-order valence-corrected chi connectivity index (χ3v) is 7.38. The van der Waals surface area contributed by atoms with E-state index in [0.29, 0.717) is 52.4 Å². The molecule has 5 rings (SSSR count). The Hall–Kier alpha value is -3.10. The van der Waals surface area contributed by atoms with Gasteiger partial charge in [-0.05, 0) is 23.6 Å². The number of nitrogens with one attached hydrogen (secondary N) is 1. The summed E-state index contributed by atoms with van der Waals surface area (Å²) in [5, 5.41) is 3.16. The van der Waals surface area contributed by atoms with Gasteiger partial charge in [0, 0.05) is 51.0 Å². The second kappa shape index (κ2) is 10.7. The van der Waals surface area contributed by atoms with Gasteiger partial charge in [-0.15, -0.1) is 0 Å². The Kier molecular flexibility index (Phi) is 7.20. The standard InChI is InChI=1S/C27H34N4O4/c1-34-22-8-7-21-15-23(27(33)28-17-20-5-3-2-4-6-20)25-18-29(9-10-31(25)24(21)16-22)19-26(32)30-11-13-35-14-12-30/h2-8,16,23,25H,9-15,17-19H2,1H3,(H,28,33)/t23-,25-/m1/s1. The van der Waals surface area contributed by atoms with Gasteiger partial charge in [0.2, 0.25) is 11.8 Å². The molecule has 3 aliphatic rings. The Balaban J connectivity index is 1.33. The Morgan fingerprint density at radius 3 is 2.63 bits per heavy atom. The van der Waals surface area contributed by atoms with Crippen molar-refractivity contribution in [2.75, 3.05) is 64.5 Å². The predicted molar refractivity (Wildman–Crippen MR) is 133 cm³/mol. The maximum atomic E-state index is 13.5. The molecule has 0 radical (unpaired) electrons. The highest BCUT2D eigenvalue weighted by Crippen LogP contribution is 2.38. The van der Waals surface area contributed by atoms with E-state index in [9.17, 15) is 9.59 Å². The number of methoxy groups -OCH3 is 1. The van der Waals surface area contributed by atoms with Gasteiger partial charge in [0.15, 0.2) is 0 Å². The number of rotatable bonds is 6. The molecule has 35 heavy (non-hydrogen) atoms. The van der Waals surface area contributed by atoms with E-state index in [1.165, 1.54) is 5.56 Å². The van der Waals surface area contributed by atoms with E-state index in [0.717, 1.165) is 30.1 Å². The van der Waals surface area contributed by atoms with Crippen LogP contribution in [0.4, 0.5) is 5.69 Å². The third-order valence-electron chi connectivity index (χ3n) is 7.38. The minimum Gasteiger partial charge on any atom is -0.497 e. The number of carbonyl (C=O) groups excluding carboxylic acids is 2. The van der Waals surface area contributed by atoms with Crippen LogP contribution in [0.15, 0.2) is 48.5 Å². The zero-order chi connectivity index (χ0) is 24.2. The van der Waals surface area contributed by atoms with Gasteiger partial charge < -0.3 is 24.6 Å². The number of ether oxygens (including phenoxy) is 2. The molecule has 0 aliphatic carbocycles. The highest BCUT2D eigenvalue weighted by molar-refractivity contribution is 5.82. The average molecular weight is 479 g/mol. The topological polar surface area (TPSA) is 74.3 Å². The summed E-state index contributed by atoms with van der Waals surface area (Å²) in [7, 11) is 1.68. The van der Waals surface area contributed by atoms with Crippen molar-refractivity contribution in [3.05, 3.63) is 59.7 Å². The number of hydrogen-bond acceptors (Lipinski definition) is 6. The van der Waals surface area contributed by atoms with Crippen LogP contribution < -0.4 is 15.0 Å². The Bertz CT molecular complexity index is 1040. The van der Waals surface area contributed by atoms with Gasteiger partial charge in [0.1, 0.15) is 5.75 Å². The van der Waals surface area contributed by atoms with E-state index in [1.807, 2.05) is 41.3 Å². The fraction of sp³-hybridized carbons (Fsp3) is 0.481. The average Bonchev–Trinajstić information content (AvgIpc) is 2.92. The molecule has 3 aliphatic heterocycles. The molecule has 2 atom stereocenters. The second-order valence-corrected chi connectivity index (χ2v) is 9.50. The largest absolute Gasteiger partial charge is 0.497 e. The number of fused-ring (bicyclic) bond motifs is 3. The lowest BCUT2D eigenvalue weighted by atomic mass is 9.83. The zero-order valence-electron chi connectivity index (χ0n) is 20.3. The van der Waals surface area contributed by atoms with Gasteiger partial charge in [-0.1, -0.05) is 36.4 Å². The second-order valence-electron chi connectivity index (χ2n) is 9.50. The van der Waals surface area contributed by atoms with Crippen LogP contribution in [0.2, 0.25) is 0 Å². The predicted octanol–water partition coefficient (Wildman–Crippen LogP) is 1.53. The molecule has 0 saturated carbocycles. The molecule has 0 bridgehead atoms. The summed E-state index contributed by atoms with van der Waals surface area (Å²) >= 11 is 0. The summed E-state index contributed by atoms with van der Waals surface area (Å²) < 4.78 is 10.9. The molecule has 3 heterocycles. The smallest absolute Gasteiger partial charge is 0.236 e. The normalized spacial score (nSPS) is 22.2. The van der Waals surface area contributed by atoms with Crippen LogP contribution in [0.3, 0.4) is 0 Å². The quantitative estimate of drug-likeness (QED) is 0.679. The van der Waals surface area contributed by atoms with Gasteiger partial charge in [-0.3, -0.25) is 14.5 Å². The Morgan fingerprint density at radius 2 is 1.86 bits per heavy atom. The lowest BCUT2D eigenvalue weighted by Crippen LogP contribution is -2.62. The number of anilines is 1. The summed E-state index contributed by atoms with van der Waals surface area (Å²) in [6.07, 6.45) is 0.673. The van der Waals surface area contributed by atoms with Gasteiger partial charge in [0.05, 0.1) is 38.8 Å². The van der Waals surface area contributed by atoms with Crippen molar-refractivity contribution in [2.45, 2.75) is 19.0 Å². The van der Waals surface area contributed by atoms with E-state index in [1.54, 1.807) is 7.11 Å². The number of piperazine rings is 1.